The maximum Gasteiger partial charge on any atom is 0.246 e. The van der Waals surface area contributed by atoms with Crippen LogP contribution in [0.2, 0.25) is 5.15 Å². The second-order valence-electron chi connectivity index (χ2n) is 5.12. The first-order chi connectivity index (χ1) is 10.2. The Morgan fingerprint density at radius 3 is 3.00 bits per heavy atom. The summed E-state index contributed by atoms with van der Waals surface area (Å²) in [4.78, 5) is 16.6. The van der Waals surface area contributed by atoms with Gasteiger partial charge in [0.05, 0.1) is 5.69 Å². The zero-order chi connectivity index (χ0) is 14.8. The van der Waals surface area contributed by atoms with Crippen LogP contribution in [-0.2, 0) is 11.2 Å². The van der Waals surface area contributed by atoms with Crippen molar-refractivity contribution in [3.63, 3.8) is 0 Å². The maximum absolute atomic E-state index is 12.6. The van der Waals surface area contributed by atoms with Crippen LogP contribution in [0.5, 0.6) is 0 Å². The first-order valence-corrected chi connectivity index (χ1v) is 7.28. The minimum Gasteiger partial charge on any atom is -0.322 e. The number of rotatable bonds is 2. The van der Waals surface area contributed by atoms with Crippen LogP contribution < -0.4 is 10.6 Å². The molecule has 5 heteroatoms. The number of nitrogens with one attached hydrogen (secondary N) is 2. The van der Waals surface area contributed by atoms with Crippen LogP contribution in [0, 0.1) is 6.92 Å². The number of benzene rings is 1. The number of carbonyl (C=O) groups excluding carboxylic acids is 1. The molecule has 1 aliphatic heterocycles. The standard InChI is InChI=1S/C16H16ClN3O/c1-10-6-8-19-15(17)13(10)20-16(21)14-12-5-3-2-4-11(12)7-9-18-14/h2-6,8,14,18H,7,9H2,1H3,(H,20,21). The first kappa shape index (κ1) is 14.0. The average Bonchev–Trinajstić information content (AvgIpc) is 2.50. The number of hydrogen-bond acceptors (Lipinski definition) is 3. The van der Waals surface area contributed by atoms with Crippen molar-refractivity contribution in [2.45, 2.75) is 19.4 Å². The van der Waals surface area contributed by atoms with Crippen LogP contribution >= 0.6 is 11.6 Å². The van der Waals surface area contributed by atoms with Gasteiger partial charge in [0.2, 0.25) is 5.91 Å². The molecule has 0 spiro atoms. The largest absolute Gasteiger partial charge is 0.322 e. The SMILES string of the molecule is Cc1ccnc(Cl)c1NC(=O)C1NCCc2ccccc21. The fraction of sp³-hybridized carbons (Fsp3) is 0.250. The number of carbonyl (C=O) groups is 1. The predicted molar refractivity (Wildman–Crippen MR) is 83.5 cm³/mol. The van der Waals surface area contributed by atoms with Crippen LogP contribution in [0.1, 0.15) is 22.7 Å². The molecule has 0 saturated heterocycles. The van der Waals surface area contributed by atoms with E-state index in [1.165, 1.54) is 5.56 Å². The van der Waals surface area contributed by atoms with E-state index in [4.69, 9.17) is 11.6 Å². The van der Waals surface area contributed by atoms with Gasteiger partial charge in [-0.2, -0.15) is 0 Å². The van der Waals surface area contributed by atoms with Gasteiger partial charge < -0.3 is 10.6 Å². The van der Waals surface area contributed by atoms with Gasteiger partial charge in [-0.15, -0.1) is 0 Å². The van der Waals surface area contributed by atoms with Gasteiger partial charge in [0, 0.05) is 12.7 Å². The van der Waals surface area contributed by atoms with Crippen LogP contribution in [0.3, 0.4) is 0 Å². The van der Waals surface area contributed by atoms with Crippen molar-refractivity contribution < 1.29 is 4.79 Å². The van der Waals surface area contributed by atoms with E-state index in [9.17, 15) is 4.79 Å². The van der Waals surface area contributed by atoms with E-state index >= 15 is 0 Å². The van der Waals surface area contributed by atoms with E-state index in [2.05, 4.69) is 21.7 Å². The lowest BCUT2D eigenvalue weighted by Crippen LogP contribution is -2.38. The van der Waals surface area contributed by atoms with E-state index in [0.29, 0.717) is 10.8 Å². The Balaban J connectivity index is 1.87. The Bertz CT molecular complexity index is 667. The molecule has 0 saturated carbocycles. The zero-order valence-corrected chi connectivity index (χ0v) is 12.4. The molecular formula is C16H16ClN3O. The maximum atomic E-state index is 12.6. The number of halogens is 1. The van der Waals surface area contributed by atoms with Gasteiger partial charge >= 0.3 is 0 Å². The molecule has 1 aromatic carbocycles. The number of hydrogen-bond donors (Lipinski definition) is 2. The molecule has 1 unspecified atom stereocenters. The molecule has 3 rings (SSSR count). The fourth-order valence-electron chi connectivity index (χ4n) is 2.61. The van der Waals surface area contributed by atoms with E-state index in [1.807, 2.05) is 31.2 Å². The molecule has 0 fully saturated rings. The van der Waals surface area contributed by atoms with E-state index in [-0.39, 0.29) is 11.9 Å². The zero-order valence-electron chi connectivity index (χ0n) is 11.7. The Kier molecular flexibility index (Phi) is 3.90. The van der Waals surface area contributed by atoms with Crippen molar-refractivity contribution in [1.82, 2.24) is 10.3 Å². The molecule has 108 valence electrons. The van der Waals surface area contributed by atoms with Crippen LogP contribution in [-0.4, -0.2) is 17.4 Å². The van der Waals surface area contributed by atoms with Crippen molar-refractivity contribution in [1.29, 1.82) is 0 Å². The molecule has 0 aliphatic carbocycles. The molecular weight excluding hydrogens is 286 g/mol. The molecule has 0 radical (unpaired) electrons. The molecule has 1 atom stereocenters. The minimum atomic E-state index is -0.356. The third-order valence-corrected chi connectivity index (χ3v) is 4.02. The van der Waals surface area contributed by atoms with E-state index in [0.717, 1.165) is 24.1 Å². The summed E-state index contributed by atoms with van der Waals surface area (Å²) in [7, 11) is 0. The van der Waals surface area contributed by atoms with Crippen molar-refractivity contribution in [2.75, 3.05) is 11.9 Å². The molecule has 4 nitrogen and oxygen atoms in total. The Labute approximate surface area is 128 Å². The number of aromatic nitrogens is 1. The lowest BCUT2D eigenvalue weighted by molar-refractivity contribution is -0.118. The van der Waals surface area contributed by atoms with Crippen molar-refractivity contribution in [3.05, 3.63) is 58.4 Å². The van der Waals surface area contributed by atoms with E-state index < -0.39 is 0 Å². The topological polar surface area (TPSA) is 54.0 Å². The number of pyridine rings is 1. The van der Waals surface area contributed by atoms with Crippen molar-refractivity contribution in [3.8, 4) is 0 Å². The summed E-state index contributed by atoms with van der Waals surface area (Å²) >= 11 is 6.07. The molecule has 1 amide bonds. The normalized spacial score (nSPS) is 17.1. The lowest BCUT2D eigenvalue weighted by Gasteiger charge is -2.26. The second kappa shape index (κ2) is 5.84. The second-order valence-corrected chi connectivity index (χ2v) is 5.48. The van der Waals surface area contributed by atoms with Gasteiger partial charge in [-0.25, -0.2) is 4.98 Å². The van der Waals surface area contributed by atoms with Gasteiger partial charge in [-0.1, -0.05) is 35.9 Å². The summed E-state index contributed by atoms with van der Waals surface area (Å²) in [5.41, 5.74) is 3.71. The summed E-state index contributed by atoms with van der Waals surface area (Å²) in [6.07, 6.45) is 2.56. The number of amides is 1. The average molecular weight is 302 g/mol. The number of anilines is 1. The third kappa shape index (κ3) is 2.77. The first-order valence-electron chi connectivity index (χ1n) is 6.90. The summed E-state index contributed by atoms with van der Waals surface area (Å²) in [5, 5.41) is 6.46. The highest BCUT2D eigenvalue weighted by atomic mass is 35.5. The Morgan fingerprint density at radius 1 is 1.38 bits per heavy atom. The molecule has 2 heterocycles. The van der Waals surface area contributed by atoms with Gasteiger partial charge in [0.15, 0.2) is 5.15 Å². The van der Waals surface area contributed by atoms with Crippen LogP contribution in [0.15, 0.2) is 36.5 Å². The molecule has 2 aromatic rings. The Morgan fingerprint density at radius 2 is 2.19 bits per heavy atom. The van der Waals surface area contributed by atoms with Crippen molar-refractivity contribution in [2.24, 2.45) is 0 Å². The fourth-order valence-corrected chi connectivity index (χ4v) is 2.86. The summed E-state index contributed by atoms with van der Waals surface area (Å²) in [5.74, 6) is -0.111. The van der Waals surface area contributed by atoms with Crippen molar-refractivity contribution >= 4 is 23.2 Å². The lowest BCUT2D eigenvalue weighted by atomic mass is 9.94. The molecule has 1 aromatic heterocycles. The quantitative estimate of drug-likeness (QED) is 0.839. The highest BCUT2D eigenvalue weighted by Crippen LogP contribution is 2.27. The van der Waals surface area contributed by atoms with E-state index in [1.54, 1.807) is 6.20 Å². The van der Waals surface area contributed by atoms with Crippen LogP contribution in [0.4, 0.5) is 5.69 Å². The number of aryl methyl sites for hydroxylation is 1. The summed E-state index contributed by atoms with van der Waals surface area (Å²) < 4.78 is 0. The molecule has 1 aliphatic rings. The molecule has 21 heavy (non-hydrogen) atoms. The highest BCUT2D eigenvalue weighted by Gasteiger charge is 2.26. The number of nitrogens with zero attached hydrogens (tertiary/aromatic N) is 1. The monoisotopic (exact) mass is 301 g/mol. The summed E-state index contributed by atoms with van der Waals surface area (Å²) in [6.45, 7) is 2.68. The van der Waals surface area contributed by atoms with Crippen LogP contribution in [0.25, 0.3) is 0 Å². The Hall–Kier alpha value is -1.91. The smallest absolute Gasteiger partial charge is 0.246 e. The molecule has 0 bridgehead atoms. The number of fused-ring (bicyclic) bond motifs is 1. The van der Waals surface area contributed by atoms with Gasteiger partial charge in [-0.05, 0) is 36.1 Å². The van der Waals surface area contributed by atoms with Gasteiger partial charge in [-0.3, -0.25) is 4.79 Å². The van der Waals surface area contributed by atoms with Gasteiger partial charge in [0.1, 0.15) is 6.04 Å². The molecule has 2 N–H and O–H groups in total. The highest BCUT2D eigenvalue weighted by molar-refractivity contribution is 6.32. The predicted octanol–water partition coefficient (Wildman–Crippen LogP) is 2.87. The van der Waals surface area contributed by atoms with Gasteiger partial charge in [0.25, 0.3) is 0 Å². The summed E-state index contributed by atoms with van der Waals surface area (Å²) in [6, 6.07) is 9.48. The third-order valence-electron chi connectivity index (χ3n) is 3.73. The minimum absolute atomic E-state index is 0.111.